The maximum atomic E-state index is 5.23. The zero-order chi connectivity index (χ0) is 13.5. The van der Waals surface area contributed by atoms with Crippen LogP contribution in [0, 0.1) is 6.92 Å². The lowest BCUT2D eigenvalue weighted by Crippen LogP contribution is -2.29. The molecule has 0 aliphatic rings. The maximum Gasteiger partial charge on any atom is 0.170 e. The van der Waals surface area contributed by atoms with Crippen molar-refractivity contribution in [2.45, 2.75) is 19.9 Å². The van der Waals surface area contributed by atoms with E-state index in [1.54, 1.807) is 0 Å². The molecule has 2 N–H and O–H groups in total. The largest absolute Gasteiger partial charge is 0.362 e. The Morgan fingerprint density at radius 3 is 2.74 bits per heavy atom. The topological polar surface area (TPSA) is 41.9 Å². The molecule has 5 heteroatoms. The Hall–Kier alpha value is -1.88. The first-order chi connectivity index (χ1) is 9.25. The number of aryl methyl sites for hydroxylation is 2. The van der Waals surface area contributed by atoms with E-state index in [9.17, 15) is 0 Å². The van der Waals surface area contributed by atoms with Crippen molar-refractivity contribution in [3.8, 4) is 0 Å². The third-order valence-corrected chi connectivity index (χ3v) is 3.04. The Labute approximate surface area is 118 Å². The Kier molecular flexibility index (Phi) is 4.92. The zero-order valence-corrected chi connectivity index (χ0v) is 11.8. The molecule has 1 aromatic carbocycles. The van der Waals surface area contributed by atoms with E-state index in [4.69, 9.17) is 12.2 Å². The minimum Gasteiger partial charge on any atom is -0.362 e. The lowest BCUT2D eigenvalue weighted by atomic mass is 10.3. The molecule has 0 amide bonds. The number of rotatable bonds is 5. The van der Waals surface area contributed by atoms with Crippen molar-refractivity contribution in [3.05, 3.63) is 48.3 Å². The molecule has 0 fully saturated rings. The first-order valence-corrected chi connectivity index (χ1v) is 6.75. The number of anilines is 1. The molecule has 1 heterocycles. The van der Waals surface area contributed by atoms with Gasteiger partial charge in [0.2, 0.25) is 0 Å². The molecule has 0 spiro atoms. The molecule has 0 aliphatic heterocycles. The van der Waals surface area contributed by atoms with Crippen molar-refractivity contribution < 1.29 is 0 Å². The first-order valence-electron chi connectivity index (χ1n) is 6.34. The molecule has 4 nitrogen and oxygen atoms in total. The van der Waals surface area contributed by atoms with Crippen LogP contribution in [0.4, 0.5) is 5.69 Å². The van der Waals surface area contributed by atoms with Crippen LogP contribution in [0.1, 0.15) is 12.1 Å². The van der Waals surface area contributed by atoms with Crippen LogP contribution in [0.2, 0.25) is 0 Å². The average molecular weight is 274 g/mol. The minimum atomic E-state index is 0.656. The van der Waals surface area contributed by atoms with Gasteiger partial charge in [-0.25, -0.2) is 0 Å². The third kappa shape index (κ3) is 4.37. The fourth-order valence-electron chi connectivity index (χ4n) is 1.76. The number of aromatic nitrogens is 2. The molecule has 0 bridgehead atoms. The third-order valence-electron chi connectivity index (χ3n) is 2.79. The zero-order valence-electron chi connectivity index (χ0n) is 11.0. The van der Waals surface area contributed by atoms with Gasteiger partial charge in [0.1, 0.15) is 0 Å². The van der Waals surface area contributed by atoms with E-state index in [0.29, 0.717) is 5.11 Å². The summed E-state index contributed by atoms with van der Waals surface area (Å²) >= 11 is 5.23. The summed E-state index contributed by atoms with van der Waals surface area (Å²) in [6.45, 7) is 3.79. The van der Waals surface area contributed by atoms with Gasteiger partial charge >= 0.3 is 0 Å². The van der Waals surface area contributed by atoms with E-state index in [1.165, 1.54) is 5.69 Å². The number of nitrogens with one attached hydrogen (secondary N) is 2. The van der Waals surface area contributed by atoms with Gasteiger partial charge in [0.05, 0.1) is 0 Å². The van der Waals surface area contributed by atoms with Gasteiger partial charge in [-0.3, -0.25) is 4.68 Å². The standard InChI is InChI=1S/C14H18N4S/c1-12-8-10-16-18(12)11-5-9-15-14(19)17-13-6-3-2-4-7-13/h2-4,6-8,10H,5,9,11H2,1H3,(H2,15,17,19). The van der Waals surface area contributed by atoms with Crippen LogP contribution < -0.4 is 10.6 Å². The summed E-state index contributed by atoms with van der Waals surface area (Å²) < 4.78 is 2.00. The molecular weight excluding hydrogens is 256 g/mol. The highest BCUT2D eigenvalue weighted by Gasteiger charge is 1.98. The fourth-order valence-corrected chi connectivity index (χ4v) is 1.98. The summed E-state index contributed by atoms with van der Waals surface area (Å²) in [4.78, 5) is 0. The Bertz CT molecular complexity index is 521. The van der Waals surface area contributed by atoms with Crippen molar-refractivity contribution in [3.63, 3.8) is 0 Å². The Morgan fingerprint density at radius 2 is 2.05 bits per heavy atom. The molecular formula is C14H18N4S. The van der Waals surface area contributed by atoms with Crippen LogP contribution in [0.15, 0.2) is 42.6 Å². The molecule has 0 atom stereocenters. The molecule has 0 unspecified atom stereocenters. The number of para-hydroxylation sites is 1. The van der Waals surface area contributed by atoms with Crippen LogP contribution in [-0.2, 0) is 6.54 Å². The van der Waals surface area contributed by atoms with Gasteiger partial charge in [0.25, 0.3) is 0 Å². The number of thiocarbonyl (C=S) groups is 1. The Balaban J connectivity index is 1.66. The lowest BCUT2D eigenvalue weighted by molar-refractivity contribution is 0.561. The van der Waals surface area contributed by atoms with Crippen LogP contribution >= 0.6 is 12.2 Å². The first kappa shape index (κ1) is 13.5. The summed E-state index contributed by atoms with van der Waals surface area (Å²) in [6.07, 6.45) is 2.81. The number of nitrogens with zero attached hydrogens (tertiary/aromatic N) is 2. The predicted octanol–water partition coefficient (Wildman–Crippen LogP) is 2.57. The van der Waals surface area contributed by atoms with E-state index >= 15 is 0 Å². The van der Waals surface area contributed by atoms with Crippen LogP contribution in [0.25, 0.3) is 0 Å². The van der Waals surface area contributed by atoms with Gasteiger partial charge in [-0.2, -0.15) is 5.10 Å². The van der Waals surface area contributed by atoms with Crippen molar-refractivity contribution in [1.29, 1.82) is 0 Å². The molecule has 0 radical (unpaired) electrons. The SMILES string of the molecule is Cc1ccnn1CCCNC(=S)Nc1ccccc1. The summed E-state index contributed by atoms with van der Waals surface area (Å²) in [7, 11) is 0. The van der Waals surface area contributed by atoms with Gasteiger partial charge in [0.15, 0.2) is 5.11 Å². The summed E-state index contributed by atoms with van der Waals surface area (Å²) in [6, 6.07) is 11.9. The van der Waals surface area contributed by atoms with E-state index in [1.807, 2.05) is 47.3 Å². The van der Waals surface area contributed by atoms with Gasteiger partial charge < -0.3 is 10.6 Å². The van der Waals surface area contributed by atoms with Gasteiger partial charge in [-0.05, 0) is 43.8 Å². The van der Waals surface area contributed by atoms with Gasteiger partial charge in [-0.1, -0.05) is 18.2 Å². The second-order valence-electron chi connectivity index (χ2n) is 4.30. The van der Waals surface area contributed by atoms with Gasteiger partial charge in [-0.15, -0.1) is 0 Å². The molecule has 19 heavy (non-hydrogen) atoms. The molecule has 2 aromatic rings. The number of hydrogen-bond acceptors (Lipinski definition) is 2. The van der Waals surface area contributed by atoms with Gasteiger partial charge in [0, 0.05) is 30.7 Å². The quantitative estimate of drug-likeness (QED) is 0.649. The molecule has 0 saturated heterocycles. The van der Waals surface area contributed by atoms with E-state index < -0.39 is 0 Å². The minimum absolute atomic E-state index is 0.656. The highest BCUT2D eigenvalue weighted by atomic mass is 32.1. The summed E-state index contributed by atoms with van der Waals surface area (Å²) in [5.74, 6) is 0. The highest BCUT2D eigenvalue weighted by Crippen LogP contribution is 2.04. The van der Waals surface area contributed by atoms with Crippen LogP contribution in [0.5, 0.6) is 0 Å². The maximum absolute atomic E-state index is 5.23. The van der Waals surface area contributed by atoms with Crippen molar-refractivity contribution in [2.24, 2.45) is 0 Å². The molecule has 0 saturated carbocycles. The van der Waals surface area contributed by atoms with E-state index in [0.717, 1.165) is 25.2 Å². The smallest absolute Gasteiger partial charge is 0.170 e. The van der Waals surface area contributed by atoms with E-state index in [-0.39, 0.29) is 0 Å². The fraction of sp³-hybridized carbons (Fsp3) is 0.286. The normalized spacial score (nSPS) is 10.2. The Morgan fingerprint density at radius 1 is 1.26 bits per heavy atom. The van der Waals surface area contributed by atoms with Crippen LogP contribution in [-0.4, -0.2) is 21.4 Å². The average Bonchev–Trinajstić information content (AvgIpc) is 2.81. The lowest BCUT2D eigenvalue weighted by Gasteiger charge is -2.10. The summed E-state index contributed by atoms with van der Waals surface area (Å²) in [5.41, 5.74) is 2.19. The molecule has 0 aliphatic carbocycles. The van der Waals surface area contributed by atoms with Crippen LogP contribution in [0.3, 0.4) is 0 Å². The second kappa shape index (κ2) is 6.89. The molecule has 2 rings (SSSR count). The monoisotopic (exact) mass is 274 g/mol. The molecule has 1 aromatic heterocycles. The highest BCUT2D eigenvalue weighted by molar-refractivity contribution is 7.80. The number of benzene rings is 1. The molecule has 100 valence electrons. The number of hydrogen-bond donors (Lipinski definition) is 2. The van der Waals surface area contributed by atoms with Crippen molar-refractivity contribution >= 4 is 23.0 Å². The second-order valence-corrected chi connectivity index (χ2v) is 4.70. The van der Waals surface area contributed by atoms with Crippen molar-refractivity contribution in [2.75, 3.05) is 11.9 Å². The predicted molar refractivity (Wildman–Crippen MR) is 82.2 cm³/mol. The summed E-state index contributed by atoms with van der Waals surface area (Å²) in [5, 5.41) is 11.2. The van der Waals surface area contributed by atoms with Crippen molar-refractivity contribution in [1.82, 2.24) is 15.1 Å². The van der Waals surface area contributed by atoms with E-state index in [2.05, 4.69) is 22.7 Å².